The summed E-state index contributed by atoms with van der Waals surface area (Å²) in [7, 11) is -9.78. The second kappa shape index (κ2) is 75.9. The SMILES string of the molecule is CC/C=C\C/C=C\C/C=C\C/C=C\C/C=C\CCCCCCCCCCCC(=O)OCC(COP(=O)(O)OCC(O)COP(=O)(O)OCC(O)COC(=O)CCCCCCCCCCCCC/C=C\C/C=C\C/C=C\C/C=C\CCCCC)OC(=O)CCCCCCCCCCCCCCC. The molecule has 0 aromatic rings. The molecule has 4 N–H and O–H groups in total. The summed E-state index contributed by atoms with van der Waals surface area (Å²) in [5.41, 5.74) is 0. The fourth-order valence-corrected chi connectivity index (χ4v) is 12.5. The molecule has 584 valence electrons. The van der Waals surface area contributed by atoms with Crippen LogP contribution in [0.15, 0.2) is 109 Å². The molecule has 0 heterocycles. The van der Waals surface area contributed by atoms with E-state index in [-0.39, 0.29) is 19.3 Å². The second-order valence-electron chi connectivity index (χ2n) is 26.8. The third kappa shape index (κ3) is 77.1. The first-order chi connectivity index (χ1) is 49.2. The Bertz CT molecular complexity index is 2270. The number of phosphoric acid groups is 2. The summed E-state index contributed by atoms with van der Waals surface area (Å²) in [5.74, 6) is -1.57. The number of ether oxygens (including phenoxy) is 3. The summed E-state index contributed by atoms with van der Waals surface area (Å²) in [6.07, 6.45) is 88.5. The summed E-state index contributed by atoms with van der Waals surface area (Å²) < 4.78 is 61.2. The predicted molar refractivity (Wildman–Crippen MR) is 417 cm³/mol. The van der Waals surface area contributed by atoms with E-state index in [9.17, 15) is 43.5 Å². The molecule has 0 amide bonds. The van der Waals surface area contributed by atoms with Crippen LogP contribution in [0.5, 0.6) is 0 Å². The van der Waals surface area contributed by atoms with Crippen LogP contribution in [-0.2, 0) is 55.8 Å². The molecule has 0 aliphatic carbocycles. The van der Waals surface area contributed by atoms with Crippen LogP contribution < -0.4 is 0 Å². The average Bonchev–Trinajstić information content (AvgIpc) is 0.943. The Labute approximate surface area is 615 Å². The van der Waals surface area contributed by atoms with Crippen molar-refractivity contribution in [1.82, 2.24) is 0 Å². The van der Waals surface area contributed by atoms with Gasteiger partial charge in [-0.3, -0.25) is 32.5 Å². The maximum Gasteiger partial charge on any atom is 0.472 e. The molecule has 101 heavy (non-hydrogen) atoms. The lowest BCUT2D eigenvalue weighted by Crippen LogP contribution is -2.30. The van der Waals surface area contributed by atoms with Gasteiger partial charge in [0.2, 0.25) is 0 Å². The number of phosphoric ester groups is 2. The highest BCUT2D eigenvalue weighted by Gasteiger charge is 2.29. The summed E-state index contributed by atoms with van der Waals surface area (Å²) in [5, 5.41) is 20.6. The van der Waals surface area contributed by atoms with Gasteiger partial charge in [-0.25, -0.2) is 9.13 Å². The van der Waals surface area contributed by atoms with E-state index in [1.165, 1.54) is 148 Å². The Hall–Kier alpha value is -3.79. The lowest BCUT2D eigenvalue weighted by atomic mass is 10.0. The molecule has 5 unspecified atom stereocenters. The molecule has 0 saturated heterocycles. The van der Waals surface area contributed by atoms with Crippen molar-refractivity contribution >= 4 is 33.6 Å². The molecule has 0 saturated carbocycles. The normalized spacial score (nSPS) is 14.6. The van der Waals surface area contributed by atoms with Crippen LogP contribution in [0.4, 0.5) is 0 Å². The highest BCUT2D eigenvalue weighted by molar-refractivity contribution is 7.47. The molecule has 0 radical (unpaired) electrons. The maximum atomic E-state index is 13.0. The van der Waals surface area contributed by atoms with E-state index < -0.39 is 91.5 Å². The zero-order chi connectivity index (χ0) is 73.7. The number of unbranched alkanes of at least 4 members (excludes halogenated alkanes) is 35. The molecule has 0 bridgehead atoms. The van der Waals surface area contributed by atoms with Crippen molar-refractivity contribution in [2.75, 3.05) is 39.6 Å². The van der Waals surface area contributed by atoms with Gasteiger partial charge in [-0.05, 0) is 109 Å². The summed E-state index contributed by atoms with van der Waals surface area (Å²) in [6, 6.07) is 0. The minimum atomic E-state index is -4.93. The standard InChI is InChI=1S/C83H146O16P2/c1-4-7-10-13-16-19-22-25-27-29-31-33-35-37-38-40-42-43-45-47-49-52-54-57-60-63-66-69-81(86)93-72-78(84)73-95-100(89,90)96-74-79(85)75-97-101(91,92)98-77-80(99-83(88)71-68-65-62-59-56-51-24-21-18-15-12-9-6-3)76-94-82(87)70-67-64-61-58-55-53-50-48-46-44-41-39-36-34-32-30-28-26-23-20-17-14-11-8-5-2/h8,11,16-17,19-20,25-28,31-34,37-39,41,78-80,84-85H,4-7,9-10,12-15,18,21-24,29-30,35-36,40,42-77H2,1-3H3,(H,89,90)(H,91,92)/b11-8-,19-16-,20-17-,27-25-,28-26-,33-31-,34-32-,38-37-,41-39-. The molecule has 0 aliphatic rings. The number of aliphatic hydroxyl groups is 2. The van der Waals surface area contributed by atoms with Crippen molar-refractivity contribution in [3.05, 3.63) is 109 Å². The van der Waals surface area contributed by atoms with Gasteiger partial charge < -0.3 is 34.2 Å². The average molecular weight is 1460 g/mol. The van der Waals surface area contributed by atoms with Gasteiger partial charge in [0.1, 0.15) is 25.4 Å². The van der Waals surface area contributed by atoms with Crippen LogP contribution in [0.3, 0.4) is 0 Å². The van der Waals surface area contributed by atoms with E-state index in [2.05, 4.69) is 130 Å². The Morgan fingerprint density at radius 1 is 0.287 bits per heavy atom. The van der Waals surface area contributed by atoms with Crippen LogP contribution in [0, 0.1) is 0 Å². The van der Waals surface area contributed by atoms with Gasteiger partial charge in [0.05, 0.1) is 26.4 Å². The van der Waals surface area contributed by atoms with Crippen molar-refractivity contribution in [3.63, 3.8) is 0 Å². The molecule has 5 atom stereocenters. The van der Waals surface area contributed by atoms with Gasteiger partial charge in [-0.1, -0.05) is 323 Å². The van der Waals surface area contributed by atoms with Crippen LogP contribution in [0.2, 0.25) is 0 Å². The zero-order valence-corrected chi connectivity index (χ0v) is 65.6. The predicted octanol–water partition coefficient (Wildman–Crippen LogP) is 23.5. The Kier molecular flexibility index (Phi) is 73.0. The summed E-state index contributed by atoms with van der Waals surface area (Å²) in [4.78, 5) is 58.6. The monoisotopic (exact) mass is 1460 g/mol. The summed E-state index contributed by atoms with van der Waals surface area (Å²) in [6.45, 7) is 2.56. The first-order valence-corrected chi connectivity index (χ1v) is 43.2. The molecule has 0 aromatic carbocycles. The number of carbonyl (C=O) groups is 3. The number of hydrogen-bond acceptors (Lipinski definition) is 14. The topological polar surface area (TPSA) is 231 Å². The van der Waals surface area contributed by atoms with E-state index in [1.807, 2.05) is 0 Å². The first kappa shape index (κ1) is 97.2. The largest absolute Gasteiger partial charge is 0.472 e. The molecular formula is C83H146O16P2. The van der Waals surface area contributed by atoms with E-state index in [0.717, 1.165) is 135 Å². The van der Waals surface area contributed by atoms with Gasteiger partial charge in [-0.2, -0.15) is 0 Å². The van der Waals surface area contributed by atoms with Gasteiger partial charge in [0.25, 0.3) is 0 Å². The van der Waals surface area contributed by atoms with Crippen molar-refractivity contribution in [3.8, 4) is 0 Å². The van der Waals surface area contributed by atoms with E-state index in [0.29, 0.717) is 19.3 Å². The molecule has 0 spiro atoms. The smallest absolute Gasteiger partial charge is 0.463 e. The fourth-order valence-electron chi connectivity index (χ4n) is 10.9. The number of rotatable bonds is 76. The van der Waals surface area contributed by atoms with Gasteiger partial charge in [-0.15, -0.1) is 0 Å². The molecule has 18 heteroatoms. The number of aliphatic hydroxyl groups excluding tert-OH is 2. The van der Waals surface area contributed by atoms with Gasteiger partial charge in [0, 0.05) is 19.3 Å². The first-order valence-electron chi connectivity index (χ1n) is 40.2. The van der Waals surface area contributed by atoms with Crippen LogP contribution in [-0.4, -0.2) is 95.9 Å². The summed E-state index contributed by atoms with van der Waals surface area (Å²) >= 11 is 0. The number of allylic oxidation sites excluding steroid dienone is 18. The Balaban J connectivity index is 4.52. The third-order valence-corrected chi connectivity index (χ3v) is 18.9. The van der Waals surface area contributed by atoms with Crippen LogP contribution >= 0.6 is 15.6 Å². The van der Waals surface area contributed by atoms with Crippen LogP contribution in [0.1, 0.15) is 342 Å². The highest BCUT2D eigenvalue weighted by atomic mass is 31.2. The third-order valence-electron chi connectivity index (χ3n) is 17.0. The highest BCUT2D eigenvalue weighted by Crippen LogP contribution is 2.45. The number of carbonyl (C=O) groups excluding carboxylic acids is 3. The van der Waals surface area contributed by atoms with Crippen LogP contribution in [0.25, 0.3) is 0 Å². The van der Waals surface area contributed by atoms with Gasteiger partial charge in [0.15, 0.2) is 6.10 Å². The quantitative estimate of drug-likeness (QED) is 0.0146. The van der Waals surface area contributed by atoms with Crippen molar-refractivity contribution in [2.24, 2.45) is 0 Å². The lowest BCUT2D eigenvalue weighted by molar-refractivity contribution is -0.161. The van der Waals surface area contributed by atoms with Crippen molar-refractivity contribution in [2.45, 2.75) is 360 Å². The number of hydrogen-bond donors (Lipinski definition) is 4. The van der Waals surface area contributed by atoms with Gasteiger partial charge >= 0.3 is 33.6 Å². The zero-order valence-electron chi connectivity index (χ0n) is 63.8. The van der Waals surface area contributed by atoms with Crippen molar-refractivity contribution in [1.29, 1.82) is 0 Å². The fraction of sp³-hybridized carbons (Fsp3) is 0.747. The molecule has 0 aliphatic heterocycles. The van der Waals surface area contributed by atoms with E-state index >= 15 is 0 Å². The molecule has 0 fully saturated rings. The Morgan fingerprint density at radius 3 is 0.851 bits per heavy atom. The lowest BCUT2D eigenvalue weighted by Gasteiger charge is -2.21. The maximum absolute atomic E-state index is 13.0. The molecule has 16 nitrogen and oxygen atoms in total. The number of esters is 3. The Morgan fingerprint density at radius 2 is 0.525 bits per heavy atom. The molecule has 0 rings (SSSR count). The van der Waals surface area contributed by atoms with Crippen molar-refractivity contribution < 1.29 is 75.8 Å². The minimum Gasteiger partial charge on any atom is -0.463 e. The van der Waals surface area contributed by atoms with E-state index in [4.69, 9.17) is 32.3 Å². The minimum absolute atomic E-state index is 0.106. The van der Waals surface area contributed by atoms with E-state index in [1.54, 1.807) is 0 Å². The molecule has 0 aromatic heterocycles. The second-order valence-corrected chi connectivity index (χ2v) is 29.8. The molecular weight excluding hydrogens is 1310 g/mol.